The minimum atomic E-state index is 0.361. The molecule has 3 nitrogen and oxygen atoms in total. The second kappa shape index (κ2) is 6.33. The van der Waals surface area contributed by atoms with E-state index in [1.807, 2.05) is 0 Å². The first-order chi connectivity index (χ1) is 9.70. The zero-order valence-corrected chi connectivity index (χ0v) is 13.4. The van der Waals surface area contributed by atoms with E-state index in [4.69, 9.17) is 4.74 Å². The van der Waals surface area contributed by atoms with E-state index >= 15 is 0 Å². The Bertz CT molecular complexity index is 308. The van der Waals surface area contributed by atoms with E-state index in [1.165, 1.54) is 58.0 Å². The molecule has 3 rings (SSSR count). The monoisotopic (exact) mass is 280 g/mol. The highest BCUT2D eigenvalue weighted by Gasteiger charge is 2.45. The molecule has 116 valence electrons. The normalized spacial score (nSPS) is 31.1. The van der Waals surface area contributed by atoms with Gasteiger partial charge in [0.25, 0.3) is 0 Å². The van der Waals surface area contributed by atoms with E-state index in [9.17, 15) is 0 Å². The molecule has 0 amide bonds. The van der Waals surface area contributed by atoms with Crippen LogP contribution in [-0.4, -0.2) is 48.8 Å². The average Bonchev–Trinajstić information content (AvgIpc) is 3.26. The molecular formula is C17H32N2O. The van der Waals surface area contributed by atoms with Crippen molar-refractivity contribution in [1.29, 1.82) is 0 Å². The van der Waals surface area contributed by atoms with Crippen molar-refractivity contribution in [1.82, 2.24) is 10.2 Å². The molecule has 1 aliphatic heterocycles. The zero-order valence-electron chi connectivity index (χ0n) is 13.4. The van der Waals surface area contributed by atoms with E-state index in [-0.39, 0.29) is 0 Å². The average molecular weight is 280 g/mol. The molecule has 2 aliphatic carbocycles. The fourth-order valence-corrected chi connectivity index (χ4v) is 4.17. The van der Waals surface area contributed by atoms with Crippen molar-refractivity contribution < 1.29 is 4.74 Å². The summed E-state index contributed by atoms with van der Waals surface area (Å²) in [5.41, 5.74) is 0.448. The number of hydrogen-bond donors (Lipinski definition) is 1. The minimum Gasteiger partial charge on any atom is -0.377 e. The molecule has 20 heavy (non-hydrogen) atoms. The van der Waals surface area contributed by atoms with Crippen molar-refractivity contribution in [2.24, 2.45) is 5.92 Å². The van der Waals surface area contributed by atoms with Crippen molar-refractivity contribution in [3.8, 4) is 0 Å². The Morgan fingerprint density at radius 2 is 1.95 bits per heavy atom. The summed E-state index contributed by atoms with van der Waals surface area (Å²) >= 11 is 0. The molecule has 3 fully saturated rings. The first-order valence-corrected chi connectivity index (χ1v) is 8.80. The maximum Gasteiger partial charge on any atom is 0.0597 e. The summed E-state index contributed by atoms with van der Waals surface area (Å²) in [6.07, 6.45) is 10.3. The largest absolute Gasteiger partial charge is 0.377 e. The molecule has 0 aromatic heterocycles. The second-order valence-corrected chi connectivity index (χ2v) is 7.48. The van der Waals surface area contributed by atoms with Crippen LogP contribution >= 0.6 is 0 Å². The number of hydrogen-bond acceptors (Lipinski definition) is 3. The Hall–Kier alpha value is -0.120. The number of nitrogens with one attached hydrogen (secondary N) is 1. The Kier molecular flexibility index (Phi) is 4.68. The standard InChI is InChI=1S/C17H32N2O/c1-14(2)20-11-10-19-12-16(15-6-7-15)18-13-17(19)8-4-3-5-9-17/h14-16,18H,3-13H2,1-2H3. The van der Waals surface area contributed by atoms with Gasteiger partial charge in [0.2, 0.25) is 0 Å². The molecule has 1 unspecified atom stereocenters. The molecule has 1 atom stereocenters. The van der Waals surface area contributed by atoms with Crippen LogP contribution in [0, 0.1) is 5.92 Å². The number of ether oxygens (including phenoxy) is 1. The lowest BCUT2D eigenvalue weighted by molar-refractivity contribution is -0.0232. The SMILES string of the molecule is CC(C)OCCN1CC(C2CC2)NCC12CCCCC2. The maximum atomic E-state index is 5.83. The molecule has 0 radical (unpaired) electrons. The lowest BCUT2D eigenvalue weighted by Gasteiger charge is -2.52. The van der Waals surface area contributed by atoms with E-state index in [0.29, 0.717) is 11.6 Å². The quantitative estimate of drug-likeness (QED) is 0.838. The smallest absolute Gasteiger partial charge is 0.0597 e. The van der Waals surface area contributed by atoms with E-state index in [0.717, 1.165) is 25.1 Å². The summed E-state index contributed by atoms with van der Waals surface area (Å²) in [5, 5.41) is 3.89. The zero-order chi connectivity index (χ0) is 14.0. The topological polar surface area (TPSA) is 24.5 Å². The molecule has 3 aliphatic rings. The van der Waals surface area contributed by atoms with Crippen molar-refractivity contribution in [3.63, 3.8) is 0 Å². The highest BCUT2D eigenvalue weighted by molar-refractivity contribution is 5.03. The number of piperazine rings is 1. The van der Waals surface area contributed by atoms with Crippen LogP contribution in [0.1, 0.15) is 58.8 Å². The van der Waals surface area contributed by atoms with Gasteiger partial charge in [-0.25, -0.2) is 0 Å². The minimum absolute atomic E-state index is 0.361. The highest BCUT2D eigenvalue weighted by Crippen LogP contribution is 2.40. The maximum absolute atomic E-state index is 5.83. The summed E-state index contributed by atoms with van der Waals surface area (Å²) in [5.74, 6) is 0.962. The van der Waals surface area contributed by atoms with Crippen LogP contribution in [0.15, 0.2) is 0 Å². The van der Waals surface area contributed by atoms with Gasteiger partial charge >= 0.3 is 0 Å². The Balaban J connectivity index is 1.61. The van der Waals surface area contributed by atoms with Crippen LogP contribution in [0.3, 0.4) is 0 Å². The number of rotatable bonds is 5. The van der Waals surface area contributed by atoms with Gasteiger partial charge in [0.1, 0.15) is 0 Å². The van der Waals surface area contributed by atoms with E-state index in [2.05, 4.69) is 24.1 Å². The van der Waals surface area contributed by atoms with Gasteiger partial charge in [-0.3, -0.25) is 4.90 Å². The first kappa shape index (κ1) is 14.8. The van der Waals surface area contributed by atoms with Crippen LogP contribution in [-0.2, 0) is 4.74 Å². The first-order valence-electron chi connectivity index (χ1n) is 8.80. The second-order valence-electron chi connectivity index (χ2n) is 7.48. The Morgan fingerprint density at radius 3 is 2.60 bits per heavy atom. The van der Waals surface area contributed by atoms with Crippen molar-refractivity contribution in [3.05, 3.63) is 0 Å². The molecule has 2 saturated carbocycles. The van der Waals surface area contributed by atoms with Gasteiger partial charge in [-0.15, -0.1) is 0 Å². The molecule has 0 aromatic rings. The van der Waals surface area contributed by atoms with Crippen LogP contribution < -0.4 is 5.32 Å². The summed E-state index contributed by atoms with van der Waals surface area (Å²) in [7, 11) is 0. The van der Waals surface area contributed by atoms with E-state index in [1.54, 1.807) is 0 Å². The molecule has 1 saturated heterocycles. The van der Waals surface area contributed by atoms with Gasteiger partial charge in [0.05, 0.1) is 12.7 Å². The lowest BCUT2D eigenvalue weighted by Crippen LogP contribution is -2.66. The summed E-state index contributed by atoms with van der Waals surface area (Å²) in [4.78, 5) is 2.80. The summed E-state index contributed by atoms with van der Waals surface area (Å²) in [6, 6.07) is 0.751. The highest BCUT2D eigenvalue weighted by atomic mass is 16.5. The fraction of sp³-hybridized carbons (Fsp3) is 1.00. The third kappa shape index (κ3) is 3.37. The van der Waals surface area contributed by atoms with Gasteiger partial charge in [0, 0.05) is 31.2 Å². The van der Waals surface area contributed by atoms with Crippen LogP contribution in [0.2, 0.25) is 0 Å². The molecular weight excluding hydrogens is 248 g/mol. The van der Waals surface area contributed by atoms with Crippen molar-refractivity contribution >= 4 is 0 Å². The molecule has 1 spiro atoms. The van der Waals surface area contributed by atoms with Gasteiger partial charge in [0.15, 0.2) is 0 Å². The van der Waals surface area contributed by atoms with Crippen molar-refractivity contribution in [2.75, 3.05) is 26.2 Å². The molecule has 0 aromatic carbocycles. The fourth-order valence-electron chi connectivity index (χ4n) is 4.17. The van der Waals surface area contributed by atoms with Crippen LogP contribution in [0.5, 0.6) is 0 Å². The van der Waals surface area contributed by atoms with Gasteiger partial charge < -0.3 is 10.1 Å². The summed E-state index contributed by atoms with van der Waals surface area (Å²) in [6.45, 7) is 8.78. The van der Waals surface area contributed by atoms with Crippen LogP contribution in [0.25, 0.3) is 0 Å². The Labute approximate surface area is 124 Å². The lowest BCUT2D eigenvalue weighted by atomic mass is 9.78. The molecule has 1 heterocycles. The molecule has 3 heteroatoms. The van der Waals surface area contributed by atoms with E-state index < -0.39 is 0 Å². The molecule has 0 bridgehead atoms. The van der Waals surface area contributed by atoms with Crippen molar-refractivity contribution in [2.45, 2.75) is 76.5 Å². The van der Waals surface area contributed by atoms with Gasteiger partial charge in [-0.05, 0) is 45.4 Å². The number of nitrogens with zero attached hydrogens (tertiary/aromatic N) is 1. The van der Waals surface area contributed by atoms with Crippen LogP contribution in [0.4, 0.5) is 0 Å². The predicted molar refractivity (Wildman–Crippen MR) is 83.0 cm³/mol. The van der Waals surface area contributed by atoms with Gasteiger partial charge in [-0.2, -0.15) is 0 Å². The predicted octanol–water partition coefficient (Wildman–Crippen LogP) is 2.80. The third-order valence-corrected chi connectivity index (χ3v) is 5.57. The Morgan fingerprint density at radius 1 is 1.20 bits per heavy atom. The summed E-state index contributed by atoms with van der Waals surface area (Å²) < 4.78 is 5.83. The molecule has 1 N–H and O–H groups in total. The third-order valence-electron chi connectivity index (χ3n) is 5.57. The van der Waals surface area contributed by atoms with Gasteiger partial charge in [-0.1, -0.05) is 19.3 Å².